The molecule has 0 aromatic carbocycles. The van der Waals surface area contributed by atoms with Gasteiger partial charge in [0, 0.05) is 0 Å². The van der Waals surface area contributed by atoms with E-state index in [1.165, 1.54) is 19.4 Å². The van der Waals surface area contributed by atoms with Gasteiger partial charge in [0.05, 0.1) is 0 Å². The monoisotopic (exact) mass is 467 g/mol. The van der Waals surface area contributed by atoms with E-state index in [-0.39, 0.29) is 0 Å². The van der Waals surface area contributed by atoms with E-state index in [1.807, 2.05) is 0 Å². The van der Waals surface area contributed by atoms with Gasteiger partial charge in [-0.15, -0.1) is 39.3 Å². The molecule has 0 radical (unpaired) electrons. The van der Waals surface area contributed by atoms with Gasteiger partial charge in [-0.2, -0.15) is 0 Å². The summed E-state index contributed by atoms with van der Waals surface area (Å²) in [7, 11) is 4.64. The second-order valence-corrected chi connectivity index (χ2v) is 10.1. The topological polar surface area (TPSA) is 42.3 Å². The zero-order valence-electron chi connectivity index (χ0n) is 21.9. The maximum absolute atomic E-state index is 4.64. The molecule has 0 heterocycles. The first kappa shape index (κ1) is 37.2. The first-order chi connectivity index (χ1) is 13.4. The second kappa shape index (κ2) is 28.9. The molecule has 0 aliphatic carbocycles. The van der Waals surface area contributed by atoms with Gasteiger partial charge in [0.25, 0.3) is 0 Å². The summed E-state index contributed by atoms with van der Waals surface area (Å²) < 4.78 is 0. The number of hydrogen-bond acceptors (Lipinski definition) is 0. The molecule has 0 fully saturated rings. The van der Waals surface area contributed by atoms with E-state index >= 15 is 0 Å². The van der Waals surface area contributed by atoms with Crippen molar-refractivity contribution >= 4 is 9.30 Å². The summed E-state index contributed by atoms with van der Waals surface area (Å²) >= 11 is 1.47. The van der Waals surface area contributed by atoms with E-state index in [0.29, 0.717) is 0 Å². The van der Waals surface area contributed by atoms with Gasteiger partial charge in [-0.1, -0.05) is 119 Å². The van der Waals surface area contributed by atoms with Crippen molar-refractivity contribution in [2.45, 2.75) is 83.1 Å². The van der Waals surface area contributed by atoms with Gasteiger partial charge in [-0.05, 0) is 0 Å². The molecule has 0 unspecified atom stereocenters. The fraction of sp³-hybridized carbons (Fsp3) is 1.00. The van der Waals surface area contributed by atoms with Crippen LogP contribution in [0.1, 0.15) is 83.1 Å². The molecule has 0 aromatic rings. The first-order valence-corrected chi connectivity index (χ1v) is 13.6. The summed E-state index contributed by atoms with van der Waals surface area (Å²) in [4.78, 5) is 0. The summed E-state index contributed by atoms with van der Waals surface area (Å²) in [5.41, 5.74) is 0. The van der Waals surface area contributed by atoms with Crippen molar-refractivity contribution in [3.8, 4) is 0 Å². The van der Waals surface area contributed by atoms with Crippen molar-refractivity contribution in [2.75, 3.05) is 39.3 Å². The quantitative estimate of drug-likeness (QED) is 0.257. The molecular weight excluding hydrogens is 414 g/mol. The summed E-state index contributed by atoms with van der Waals surface area (Å²) in [5, 5.41) is 13.1. The molecule has 0 saturated carbocycles. The minimum absolute atomic E-state index is 0.726. The number of nitrogens with zero attached hydrogens (tertiary/aromatic N) is 3. The minimum atomic E-state index is 0.726. The second-order valence-electron chi connectivity index (χ2n) is 10.1. The Hall–Kier alpha value is 0.884. The van der Waals surface area contributed by atoms with Crippen molar-refractivity contribution in [2.24, 2.45) is 35.5 Å². The van der Waals surface area contributed by atoms with Gasteiger partial charge >= 0.3 is 28.7 Å². The normalized spacial score (nSPS) is 10.8. The molecule has 0 aliphatic rings. The summed E-state index contributed by atoms with van der Waals surface area (Å²) in [6.45, 7) is 32.5. The van der Waals surface area contributed by atoms with Crippen LogP contribution in [-0.4, -0.2) is 39.3 Å². The predicted octanol–water partition coefficient (Wildman–Crippen LogP) is 8.70. The maximum atomic E-state index is 4.64. The molecule has 3 nitrogen and oxygen atoms in total. The molecule has 0 bridgehead atoms. The molecule has 0 aliphatic heterocycles. The van der Waals surface area contributed by atoms with E-state index in [0.717, 1.165) is 74.8 Å². The third-order valence-electron chi connectivity index (χ3n) is 2.97. The van der Waals surface area contributed by atoms with Crippen LogP contribution in [0.25, 0.3) is 16.0 Å². The van der Waals surface area contributed by atoms with Crippen LogP contribution < -0.4 is 0 Å². The van der Waals surface area contributed by atoms with Gasteiger partial charge in [-0.25, -0.2) is 0 Å². The van der Waals surface area contributed by atoms with Crippen molar-refractivity contribution in [3.05, 3.63) is 16.0 Å². The van der Waals surface area contributed by atoms with E-state index in [2.05, 4.69) is 108 Å². The fourth-order valence-corrected chi connectivity index (χ4v) is 1.77. The van der Waals surface area contributed by atoms with Crippen LogP contribution in [-0.2, 0) is 19.4 Å². The zero-order valence-corrected chi connectivity index (χ0v) is 24.2. The van der Waals surface area contributed by atoms with Crippen molar-refractivity contribution in [3.63, 3.8) is 0 Å². The Morgan fingerprint density at radius 2 is 0.483 bits per heavy atom. The molecule has 0 spiro atoms. The van der Waals surface area contributed by atoms with E-state index in [4.69, 9.17) is 0 Å². The summed E-state index contributed by atoms with van der Waals surface area (Å²) in [5.74, 6) is 4.35. The molecule has 0 amide bonds. The van der Waals surface area contributed by atoms with Gasteiger partial charge < -0.3 is 16.0 Å². The van der Waals surface area contributed by atoms with Crippen LogP contribution in [0, 0.1) is 35.5 Å². The standard InChI is InChI=1S/3C8H18N.ClH.Ti/c3*1-7(2)5-9-6-8(3)4;;/h3*7-8H,5-6H2,1-4H3;1H;/q3*-1;;+4/p-1. The van der Waals surface area contributed by atoms with Crippen LogP contribution in [0.4, 0.5) is 0 Å². The van der Waals surface area contributed by atoms with Gasteiger partial charge in [0.2, 0.25) is 0 Å². The molecule has 29 heavy (non-hydrogen) atoms. The Morgan fingerprint density at radius 3 is 0.552 bits per heavy atom. The SMILES string of the molecule is CC(C)C[N-]CC(C)C.CC(C)C[N-]CC(C)C.CC(C)C[N-]CC(C)C.[Cl][Ti+3]. The van der Waals surface area contributed by atoms with Crippen LogP contribution in [0.15, 0.2) is 0 Å². The van der Waals surface area contributed by atoms with Crippen LogP contribution in [0.2, 0.25) is 0 Å². The molecule has 5 heteroatoms. The first-order valence-electron chi connectivity index (χ1n) is 11.5. The van der Waals surface area contributed by atoms with Gasteiger partial charge in [-0.3, -0.25) is 0 Å². The molecular formula is C24H54ClN3Ti. The Kier molecular flexibility index (Phi) is 37.1. The molecule has 0 N–H and O–H groups in total. The average Bonchev–Trinajstić information content (AvgIpc) is 2.55. The van der Waals surface area contributed by atoms with Crippen molar-refractivity contribution in [1.29, 1.82) is 0 Å². The average molecular weight is 468 g/mol. The number of hydrogen-bond donors (Lipinski definition) is 0. The Morgan fingerprint density at radius 1 is 0.379 bits per heavy atom. The number of rotatable bonds is 12. The molecule has 0 aromatic heterocycles. The third kappa shape index (κ3) is 58.5. The predicted molar refractivity (Wildman–Crippen MR) is 134 cm³/mol. The Bertz CT molecular complexity index is 204. The van der Waals surface area contributed by atoms with Crippen molar-refractivity contribution in [1.82, 2.24) is 0 Å². The van der Waals surface area contributed by atoms with Gasteiger partial charge in [0.15, 0.2) is 0 Å². The molecule has 0 rings (SSSR count). The van der Waals surface area contributed by atoms with E-state index in [1.54, 1.807) is 0 Å². The molecule has 0 atom stereocenters. The third-order valence-corrected chi connectivity index (χ3v) is 2.97. The fourth-order valence-electron chi connectivity index (χ4n) is 1.77. The van der Waals surface area contributed by atoms with Crippen molar-refractivity contribution < 1.29 is 19.4 Å². The summed E-state index contributed by atoms with van der Waals surface area (Å²) in [6.07, 6.45) is 0. The Balaban J connectivity index is -0.000000155. The van der Waals surface area contributed by atoms with Crippen LogP contribution in [0.5, 0.6) is 0 Å². The number of halogens is 1. The van der Waals surface area contributed by atoms with E-state index < -0.39 is 0 Å². The van der Waals surface area contributed by atoms with E-state index in [9.17, 15) is 0 Å². The Labute approximate surface area is 202 Å². The van der Waals surface area contributed by atoms with Gasteiger partial charge in [0.1, 0.15) is 0 Å². The van der Waals surface area contributed by atoms with Crippen LogP contribution >= 0.6 is 9.30 Å². The summed E-state index contributed by atoms with van der Waals surface area (Å²) in [6, 6.07) is 0. The molecule has 176 valence electrons. The zero-order chi connectivity index (χ0) is 23.8. The molecule has 0 saturated heterocycles. The van der Waals surface area contributed by atoms with Crippen LogP contribution in [0.3, 0.4) is 0 Å².